The largest absolute Gasteiger partial charge is 0.497 e. The SMILES string of the molecule is COc1ccc(N2CCN(C(c3cc4cccc(C)c4[nH]c3=O)c3nnnn3CC3CCCO3)CC2)cc1. The maximum absolute atomic E-state index is 13.6. The van der Waals surface area contributed by atoms with Crippen LogP contribution in [0.15, 0.2) is 53.3 Å². The van der Waals surface area contributed by atoms with Crippen molar-refractivity contribution in [2.24, 2.45) is 0 Å². The fourth-order valence-corrected chi connectivity index (χ4v) is 5.65. The van der Waals surface area contributed by atoms with Crippen LogP contribution in [0.1, 0.15) is 35.8 Å². The van der Waals surface area contributed by atoms with Crippen molar-refractivity contribution in [3.05, 3.63) is 75.8 Å². The molecule has 2 aliphatic rings. The van der Waals surface area contributed by atoms with Gasteiger partial charge < -0.3 is 19.4 Å². The van der Waals surface area contributed by atoms with E-state index >= 15 is 0 Å². The summed E-state index contributed by atoms with van der Waals surface area (Å²) in [6.45, 7) is 6.51. The van der Waals surface area contributed by atoms with Crippen LogP contribution in [0, 0.1) is 6.92 Å². The number of pyridine rings is 1. The lowest BCUT2D eigenvalue weighted by molar-refractivity contribution is 0.0906. The van der Waals surface area contributed by atoms with Crippen LogP contribution in [0.5, 0.6) is 5.75 Å². The van der Waals surface area contributed by atoms with Crippen molar-refractivity contribution in [3.8, 4) is 5.75 Å². The van der Waals surface area contributed by atoms with Gasteiger partial charge in [0, 0.05) is 44.0 Å². The third-order valence-corrected chi connectivity index (χ3v) is 7.73. The number of piperazine rings is 1. The molecule has 0 amide bonds. The van der Waals surface area contributed by atoms with Crippen molar-refractivity contribution < 1.29 is 9.47 Å². The number of nitrogens with zero attached hydrogens (tertiary/aromatic N) is 6. The number of hydrogen-bond donors (Lipinski definition) is 1. The van der Waals surface area contributed by atoms with Gasteiger partial charge in [-0.05, 0) is 71.5 Å². The van der Waals surface area contributed by atoms with Gasteiger partial charge in [-0.1, -0.05) is 18.2 Å². The number of tetrazole rings is 1. The molecule has 2 fully saturated rings. The van der Waals surface area contributed by atoms with Gasteiger partial charge in [-0.15, -0.1) is 5.10 Å². The minimum absolute atomic E-state index is 0.0855. The van der Waals surface area contributed by atoms with Gasteiger partial charge in [-0.25, -0.2) is 4.68 Å². The predicted octanol–water partition coefficient (Wildman–Crippen LogP) is 2.92. The van der Waals surface area contributed by atoms with E-state index in [2.05, 4.69) is 42.4 Å². The molecule has 10 heteroatoms. The van der Waals surface area contributed by atoms with E-state index in [9.17, 15) is 4.79 Å². The number of aryl methyl sites for hydroxylation is 1. The van der Waals surface area contributed by atoms with E-state index < -0.39 is 0 Å². The van der Waals surface area contributed by atoms with E-state index in [1.165, 1.54) is 0 Å². The molecule has 1 N–H and O–H groups in total. The van der Waals surface area contributed by atoms with Gasteiger partial charge in [0.05, 0.1) is 25.3 Å². The molecule has 4 aromatic rings. The van der Waals surface area contributed by atoms with E-state index in [-0.39, 0.29) is 17.7 Å². The molecule has 2 unspecified atom stereocenters. The summed E-state index contributed by atoms with van der Waals surface area (Å²) >= 11 is 0. The summed E-state index contributed by atoms with van der Waals surface area (Å²) in [5.74, 6) is 1.52. The Labute approximate surface area is 221 Å². The maximum Gasteiger partial charge on any atom is 0.253 e. The number of ether oxygens (including phenoxy) is 2. The summed E-state index contributed by atoms with van der Waals surface area (Å²) in [5.41, 5.74) is 3.61. The molecule has 0 aliphatic carbocycles. The fourth-order valence-electron chi connectivity index (χ4n) is 5.65. The van der Waals surface area contributed by atoms with Gasteiger partial charge >= 0.3 is 0 Å². The lowest BCUT2D eigenvalue weighted by Crippen LogP contribution is -2.49. The van der Waals surface area contributed by atoms with Crippen LogP contribution in [-0.4, -0.2) is 76.1 Å². The zero-order valence-electron chi connectivity index (χ0n) is 21.8. The number of aromatic amines is 1. The first-order chi connectivity index (χ1) is 18.6. The van der Waals surface area contributed by atoms with Gasteiger partial charge in [-0.3, -0.25) is 9.69 Å². The molecule has 2 atom stereocenters. The number of anilines is 1. The minimum atomic E-state index is -0.377. The number of fused-ring (bicyclic) bond motifs is 1. The molecule has 0 bridgehead atoms. The van der Waals surface area contributed by atoms with Crippen LogP contribution >= 0.6 is 0 Å². The molecule has 0 saturated carbocycles. The number of aromatic nitrogens is 5. The molecule has 4 heterocycles. The van der Waals surface area contributed by atoms with Crippen LogP contribution in [-0.2, 0) is 11.3 Å². The monoisotopic (exact) mass is 515 g/mol. The zero-order valence-corrected chi connectivity index (χ0v) is 21.8. The smallest absolute Gasteiger partial charge is 0.253 e. The Morgan fingerprint density at radius 1 is 1.13 bits per heavy atom. The maximum atomic E-state index is 13.6. The Bertz CT molecular complexity index is 1450. The lowest BCUT2D eigenvalue weighted by Gasteiger charge is -2.39. The molecular weight excluding hydrogens is 482 g/mol. The number of hydrogen-bond acceptors (Lipinski definition) is 8. The van der Waals surface area contributed by atoms with Crippen molar-refractivity contribution in [2.75, 3.05) is 44.8 Å². The molecule has 0 radical (unpaired) electrons. The summed E-state index contributed by atoms with van der Waals surface area (Å²) in [7, 11) is 1.68. The quantitative estimate of drug-likeness (QED) is 0.401. The van der Waals surface area contributed by atoms with Crippen molar-refractivity contribution in [1.82, 2.24) is 30.1 Å². The summed E-state index contributed by atoms with van der Waals surface area (Å²) in [6.07, 6.45) is 2.12. The second kappa shape index (κ2) is 10.5. The average Bonchev–Trinajstić information content (AvgIpc) is 3.63. The molecular formula is C28H33N7O3. The standard InChI is InChI=1S/C28H33N7O3/c1-19-5-3-6-20-17-24(28(36)29-25(19)20)26(27-30-31-32-35(27)18-23-7-4-16-38-23)34-14-12-33(13-15-34)21-8-10-22(37-2)11-9-21/h3,5-6,8-11,17,23,26H,4,7,12-16,18H2,1-2H3,(H,29,36). The van der Waals surface area contributed by atoms with Crippen LogP contribution in [0.25, 0.3) is 10.9 Å². The predicted molar refractivity (Wildman–Crippen MR) is 145 cm³/mol. The van der Waals surface area contributed by atoms with E-state index in [1.807, 2.05) is 48.0 Å². The van der Waals surface area contributed by atoms with E-state index in [0.717, 1.165) is 73.5 Å². The highest BCUT2D eigenvalue weighted by molar-refractivity contribution is 5.82. The first-order valence-corrected chi connectivity index (χ1v) is 13.2. The van der Waals surface area contributed by atoms with Crippen molar-refractivity contribution in [2.45, 2.75) is 38.5 Å². The number of rotatable bonds is 7. The molecule has 2 aromatic heterocycles. The van der Waals surface area contributed by atoms with Gasteiger partial charge in [0.15, 0.2) is 5.82 Å². The number of methoxy groups -OCH3 is 1. The Balaban J connectivity index is 1.34. The molecule has 10 nitrogen and oxygen atoms in total. The first kappa shape index (κ1) is 24.6. The summed E-state index contributed by atoms with van der Waals surface area (Å²) in [5, 5.41) is 13.8. The number of para-hydroxylation sites is 1. The van der Waals surface area contributed by atoms with Gasteiger partial charge in [0.2, 0.25) is 0 Å². The molecule has 6 rings (SSSR count). The van der Waals surface area contributed by atoms with Gasteiger partial charge in [0.25, 0.3) is 5.56 Å². The topological polar surface area (TPSA) is 101 Å². The second-order valence-corrected chi connectivity index (χ2v) is 10.1. The Morgan fingerprint density at radius 2 is 1.95 bits per heavy atom. The van der Waals surface area contributed by atoms with Crippen LogP contribution in [0.2, 0.25) is 0 Å². The number of benzene rings is 2. The Kier molecular flexibility index (Phi) is 6.82. The number of nitrogens with one attached hydrogen (secondary N) is 1. The van der Waals surface area contributed by atoms with Crippen LogP contribution in [0.4, 0.5) is 5.69 Å². The minimum Gasteiger partial charge on any atom is -0.497 e. The van der Waals surface area contributed by atoms with Crippen LogP contribution < -0.4 is 15.2 Å². The molecule has 2 saturated heterocycles. The highest BCUT2D eigenvalue weighted by atomic mass is 16.5. The fraction of sp³-hybridized carbons (Fsp3) is 0.429. The molecule has 198 valence electrons. The van der Waals surface area contributed by atoms with Gasteiger partial charge in [-0.2, -0.15) is 0 Å². The third-order valence-electron chi connectivity index (χ3n) is 7.73. The van der Waals surface area contributed by atoms with E-state index in [0.29, 0.717) is 17.9 Å². The van der Waals surface area contributed by atoms with Gasteiger partial charge in [0.1, 0.15) is 11.8 Å². The average molecular weight is 516 g/mol. The normalized spacial score (nSPS) is 19.2. The summed E-state index contributed by atoms with van der Waals surface area (Å²) in [6, 6.07) is 15.8. The highest BCUT2D eigenvalue weighted by Gasteiger charge is 2.33. The summed E-state index contributed by atoms with van der Waals surface area (Å²) in [4.78, 5) is 21.4. The first-order valence-electron chi connectivity index (χ1n) is 13.2. The van der Waals surface area contributed by atoms with E-state index in [4.69, 9.17) is 9.47 Å². The zero-order chi connectivity index (χ0) is 26.1. The van der Waals surface area contributed by atoms with Crippen molar-refractivity contribution in [3.63, 3.8) is 0 Å². The summed E-state index contributed by atoms with van der Waals surface area (Å²) < 4.78 is 13.0. The van der Waals surface area contributed by atoms with E-state index in [1.54, 1.807) is 7.11 Å². The highest BCUT2D eigenvalue weighted by Crippen LogP contribution is 2.30. The van der Waals surface area contributed by atoms with Crippen LogP contribution in [0.3, 0.4) is 0 Å². The molecule has 2 aromatic carbocycles. The molecule has 0 spiro atoms. The van der Waals surface area contributed by atoms with Crippen molar-refractivity contribution >= 4 is 16.6 Å². The lowest BCUT2D eigenvalue weighted by atomic mass is 10.0. The second-order valence-electron chi connectivity index (χ2n) is 10.1. The van der Waals surface area contributed by atoms with Crippen molar-refractivity contribution in [1.29, 1.82) is 0 Å². The number of H-pyrrole nitrogens is 1. The Morgan fingerprint density at radius 3 is 2.68 bits per heavy atom. The molecule has 38 heavy (non-hydrogen) atoms. The third kappa shape index (κ3) is 4.77. The Hall–Kier alpha value is -3.76. The molecule has 2 aliphatic heterocycles.